The molecule has 0 radical (unpaired) electrons. The molecule has 1 atom stereocenters. The monoisotopic (exact) mass is 433 g/mol. The summed E-state index contributed by atoms with van der Waals surface area (Å²) in [6.45, 7) is -0.525. The van der Waals surface area contributed by atoms with Gasteiger partial charge in [0.15, 0.2) is 6.61 Å². The van der Waals surface area contributed by atoms with E-state index >= 15 is 0 Å². The number of hydrogen-bond donors (Lipinski definition) is 3. The van der Waals surface area contributed by atoms with Gasteiger partial charge in [0.05, 0.1) is 0 Å². The number of nitrogens with one attached hydrogen (secondary N) is 2. The van der Waals surface area contributed by atoms with E-state index in [4.69, 9.17) is 10.5 Å². The second kappa shape index (κ2) is 11.4. The maximum Gasteiger partial charge on any atom is 0.329 e. The predicted octanol–water partition coefficient (Wildman–Crippen LogP) is 1.19. The SMILES string of the molecule is NC(=O)CC[C@@H](NC(=O)c1ccc(F)cc1)C(=O)OCC(=O)NCc1ccc(F)cc1. The van der Waals surface area contributed by atoms with Crippen molar-refractivity contribution in [3.05, 3.63) is 71.3 Å². The number of benzene rings is 2. The van der Waals surface area contributed by atoms with Crippen molar-refractivity contribution >= 4 is 23.7 Å². The average molecular weight is 433 g/mol. The first kappa shape index (κ1) is 23.5. The molecule has 3 amide bonds. The van der Waals surface area contributed by atoms with Crippen LogP contribution in [0.2, 0.25) is 0 Å². The normalized spacial score (nSPS) is 11.3. The van der Waals surface area contributed by atoms with Crippen LogP contribution < -0.4 is 16.4 Å². The van der Waals surface area contributed by atoms with E-state index in [0.29, 0.717) is 5.56 Å². The Labute approximate surface area is 176 Å². The molecule has 0 spiro atoms. The summed E-state index contributed by atoms with van der Waals surface area (Å²) in [6.07, 6.45) is -0.349. The van der Waals surface area contributed by atoms with Crippen LogP contribution in [-0.2, 0) is 25.7 Å². The summed E-state index contributed by atoms with van der Waals surface area (Å²) >= 11 is 0. The van der Waals surface area contributed by atoms with Crippen molar-refractivity contribution in [2.75, 3.05) is 6.61 Å². The fourth-order valence-electron chi connectivity index (χ4n) is 2.47. The van der Waals surface area contributed by atoms with Gasteiger partial charge in [0.1, 0.15) is 17.7 Å². The first-order valence-corrected chi connectivity index (χ1v) is 9.27. The van der Waals surface area contributed by atoms with Gasteiger partial charge in [-0.1, -0.05) is 12.1 Å². The lowest BCUT2D eigenvalue weighted by molar-refractivity contribution is -0.150. The van der Waals surface area contributed by atoms with Gasteiger partial charge in [-0.3, -0.25) is 14.4 Å². The van der Waals surface area contributed by atoms with E-state index in [1.54, 1.807) is 0 Å². The molecule has 0 saturated heterocycles. The van der Waals surface area contributed by atoms with Gasteiger partial charge in [-0.05, 0) is 48.4 Å². The zero-order chi connectivity index (χ0) is 22.8. The second-order valence-corrected chi connectivity index (χ2v) is 6.55. The fraction of sp³-hybridized carbons (Fsp3) is 0.238. The number of esters is 1. The molecule has 2 rings (SSSR count). The van der Waals surface area contributed by atoms with Crippen LogP contribution in [-0.4, -0.2) is 36.3 Å². The molecular formula is C21H21F2N3O5. The molecule has 164 valence electrons. The summed E-state index contributed by atoms with van der Waals surface area (Å²) in [5, 5.41) is 4.88. The molecular weight excluding hydrogens is 412 g/mol. The molecule has 0 heterocycles. The first-order valence-electron chi connectivity index (χ1n) is 9.27. The number of carbonyl (C=O) groups is 4. The number of nitrogens with two attached hydrogens (primary N) is 1. The third kappa shape index (κ3) is 8.21. The molecule has 0 aliphatic carbocycles. The maximum absolute atomic E-state index is 13.0. The molecule has 8 nitrogen and oxygen atoms in total. The quantitative estimate of drug-likeness (QED) is 0.485. The van der Waals surface area contributed by atoms with Gasteiger partial charge >= 0.3 is 5.97 Å². The highest BCUT2D eigenvalue weighted by Gasteiger charge is 2.24. The van der Waals surface area contributed by atoms with Crippen LogP contribution in [0.4, 0.5) is 8.78 Å². The summed E-state index contributed by atoms with van der Waals surface area (Å²) in [5.74, 6) is -3.87. The van der Waals surface area contributed by atoms with E-state index in [9.17, 15) is 28.0 Å². The van der Waals surface area contributed by atoms with Crippen molar-refractivity contribution in [3.8, 4) is 0 Å². The summed E-state index contributed by atoms with van der Waals surface area (Å²) in [6, 6.07) is 8.85. The lowest BCUT2D eigenvalue weighted by Crippen LogP contribution is -2.43. The van der Waals surface area contributed by atoms with Crippen LogP contribution in [0, 0.1) is 11.6 Å². The van der Waals surface area contributed by atoms with Crippen LogP contribution in [0.1, 0.15) is 28.8 Å². The van der Waals surface area contributed by atoms with Crippen LogP contribution in [0.25, 0.3) is 0 Å². The fourth-order valence-corrected chi connectivity index (χ4v) is 2.47. The highest BCUT2D eigenvalue weighted by atomic mass is 19.1. The van der Waals surface area contributed by atoms with Gasteiger partial charge in [-0.15, -0.1) is 0 Å². The molecule has 0 saturated carbocycles. The van der Waals surface area contributed by atoms with E-state index < -0.39 is 48.0 Å². The molecule has 0 bridgehead atoms. The second-order valence-electron chi connectivity index (χ2n) is 6.55. The molecule has 0 unspecified atom stereocenters. The minimum Gasteiger partial charge on any atom is -0.454 e. The highest BCUT2D eigenvalue weighted by Crippen LogP contribution is 2.06. The third-order valence-electron chi connectivity index (χ3n) is 4.12. The smallest absolute Gasteiger partial charge is 0.329 e. The van der Waals surface area contributed by atoms with Crippen molar-refractivity contribution in [1.29, 1.82) is 0 Å². The molecule has 10 heteroatoms. The first-order chi connectivity index (χ1) is 14.7. The summed E-state index contributed by atoms with van der Waals surface area (Å²) < 4.78 is 30.8. The molecule has 4 N–H and O–H groups in total. The Bertz CT molecular complexity index is 933. The van der Waals surface area contributed by atoms with Gasteiger partial charge < -0.3 is 21.1 Å². The maximum atomic E-state index is 13.0. The Hall–Kier alpha value is -3.82. The summed E-state index contributed by atoms with van der Waals surface area (Å²) in [5.41, 5.74) is 5.83. The molecule has 2 aromatic rings. The van der Waals surface area contributed by atoms with E-state index in [-0.39, 0.29) is 24.9 Å². The average Bonchev–Trinajstić information content (AvgIpc) is 2.74. The lowest BCUT2D eigenvalue weighted by atomic mass is 10.1. The van der Waals surface area contributed by atoms with Crippen LogP contribution in [0.5, 0.6) is 0 Å². The Kier molecular flexibility index (Phi) is 8.62. The van der Waals surface area contributed by atoms with E-state index in [1.165, 1.54) is 36.4 Å². The van der Waals surface area contributed by atoms with Crippen LogP contribution in [0.15, 0.2) is 48.5 Å². The van der Waals surface area contributed by atoms with Crippen molar-refractivity contribution in [2.45, 2.75) is 25.4 Å². The Morgan fingerprint density at radius 2 is 1.52 bits per heavy atom. The number of hydrogen-bond acceptors (Lipinski definition) is 5. The van der Waals surface area contributed by atoms with Crippen molar-refractivity contribution < 1.29 is 32.7 Å². The molecule has 2 aromatic carbocycles. The number of primary amides is 1. The van der Waals surface area contributed by atoms with Crippen molar-refractivity contribution in [2.24, 2.45) is 5.73 Å². The summed E-state index contributed by atoms with van der Waals surface area (Å²) in [4.78, 5) is 47.5. The van der Waals surface area contributed by atoms with Gasteiger partial charge in [-0.25, -0.2) is 13.6 Å². The van der Waals surface area contributed by atoms with E-state index in [2.05, 4.69) is 10.6 Å². The molecule has 0 aliphatic heterocycles. The number of amides is 3. The molecule has 0 aromatic heterocycles. The number of rotatable bonds is 10. The molecule has 0 fully saturated rings. The highest BCUT2D eigenvalue weighted by molar-refractivity contribution is 5.97. The lowest BCUT2D eigenvalue weighted by Gasteiger charge is -2.17. The third-order valence-corrected chi connectivity index (χ3v) is 4.12. The van der Waals surface area contributed by atoms with E-state index in [0.717, 1.165) is 12.1 Å². The van der Waals surface area contributed by atoms with Crippen LogP contribution in [0.3, 0.4) is 0 Å². The minimum atomic E-state index is -1.24. The van der Waals surface area contributed by atoms with Gasteiger partial charge in [0.25, 0.3) is 11.8 Å². The van der Waals surface area contributed by atoms with E-state index in [1.807, 2.05) is 0 Å². The predicted molar refractivity (Wildman–Crippen MR) is 105 cm³/mol. The Balaban J connectivity index is 1.89. The van der Waals surface area contributed by atoms with Crippen LogP contribution >= 0.6 is 0 Å². The minimum absolute atomic E-state index is 0.0929. The summed E-state index contributed by atoms with van der Waals surface area (Å²) in [7, 11) is 0. The topological polar surface area (TPSA) is 128 Å². The zero-order valence-corrected chi connectivity index (χ0v) is 16.4. The van der Waals surface area contributed by atoms with Gasteiger partial charge in [0.2, 0.25) is 5.91 Å². The number of carbonyl (C=O) groups excluding carboxylic acids is 4. The Morgan fingerprint density at radius 1 is 0.935 bits per heavy atom. The van der Waals surface area contributed by atoms with Crippen molar-refractivity contribution in [3.63, 3.8) is 0 Å². The van der Waals surface area contributed by atoms with Gasteiger partial charge in [0, 0.05) is 18.5 Å². The number of ether oxygens (including phenoxy) is 1. The van der Waals surface area contributed by atoms with Gasteiger partial charge in [-0.2, -0.15) is 0 Å². The molecule has 0 aliphatic rings. The number of halogens is 2. The van der Waals surface area contributed by atoms with Crippen molar-refractivity contribution in [1.82, 2.24) is 10.6 Å². The standard InChI is InChI=1S/C21H21F2N3O5/c22-15-5-1-13(2-6-15)11-25-19(28)12-31-21(30)17(9-10-18(24)27)26-20(29)14-3-7-16(23)8-4-14/h1-8,17H,9-12H2,(H2,24,27)(H,25,28)(H,26,29)/t17-/m1/s1. The largest absolute Gasteiger partial charge is 0.454 e. The zero-order valence-electron chi connectivity index (χ0n) is 16.4. The Morgan fingerprint density at radius 3 is 2.10 bits per heavy atom. The molecule has 31 heavy (non-hydrogen) atoms.